The maximum atomic E-state index is 6.24. The summed E-state index contributed by atoms with van der Waals surface area (Å²) in [6.07, 6.45) is 11.8. The first-order valence-electron chi connectivity index (χ1n) is 7.63. The van der Waals surface area contributed by atoms with E-state index in [1.165, 1.54) is 51.4 Å². The molecule has 102 valence electrons. The molecule has 3 unspecified atom stereocenters. The van der Waals surface area contributed by atoms with Gasteiger partial charge in [-0.2, -0.15) is 0 Å². The lowest BCUT2D eigenvalue weighted by atomic mass is 9.90. The van der Waals surface area contributed by atoms with E-state index in [1.807, 2.05) is 0 Å². The van der Waals surface area contributed by atoms with E-state index in [0.29, 0.717) is 12.1 Å². The Bertz CT molecular complexity index is 178. The zero-order valence-corrected chi connectivity index (χ0v) is 11.8. The van der Waals surface area contributed by atoms with Crippen LogP contribution in [0.15, 0.2) is 0 Å². The fourth-order valence-corrected chi connectivity index (χ4v) is 2.80. The van der Waals surface area contributed by atoms with Crippen LogP contribution < -0.4 is 5.73 Å². The summed E-state index contributed by atoms with van der Waals surface area (Å²) in [6.45, 7) is 5.53. The van der Waals surface area contributed by atoms with Gasteiger partial charge in [0.15, 0.2) is 0 Å². The van der Waals surface area contributed by atoms with Gasteiger partial charge in [-0.25, -0.2) is 0 Å². The molecule has 0 aromatic heterocycles. The molecule has 0 radical (unpaired) electrons. The van der Waals surface area contributed by atoms with Crippen molar-refractivity contribution in [1.29, 1.82) is 0 Å². The molecule has 0 aromatic carbocycles. The van der Waals surface area contributed by atoms with E-state index in [9.17, 15) is 0 Å². The summed E-state index contributed by atoms with van der Waals surface area (Å²) < 4.78 is 5.64. The smallest absolute Gasteiger partial charge is 0.0576 e. The van der Waals surface area contributed by atoms with Crippen molar-refractivity contribution in [1.82, 2.24) is 0 Å². The van der Waals surface area contributed by atoms with Gasteiger partial charge in [0.1, 0.15) is 0 Å². The Balaban J connectivity index is 2.10. The topological polar surface area (TPSA) is 35.2 Å². The molecule has 2 heteroatoms. The molecule has 3 atom stereocenters. The summed E-state index contributed by atoms with van der Waals surface area (Å²) in [7, 11) is 0. The second kappa shape index (κ2) is 8.93. The molecule has 0 bridgehead atoms. The maximum absolute atomic E-state index is 6.24. The van der Waals surface area contributed by atoms with Crippen LogP contribution >= 0.6 is 0 Å². The molecule has 0 saturated carbocycles. The van der Waals surface area contributed by atoms with Crippen LogP contribution in [0.2, 0.25) is 0 Å². The third-order valence-electron chi connectivity index (χ3n) is 4.06. The van der Waals surface area contributed by atoms with Gasteiger partial charge in [0.25, 0.3) is 0 Å². The molecule has 2 nitrogen and oxygen atoms in total. The summed E-state index contributed by atoms with van der Waals surface area (Å²) in [5.74, 6) is 0.842. The molecular formula is C15H31NO. The van der Waals surface area contributed by atoms with Gasteiger partial charge in [0.05, 0.1) is 6.10 Å². The minimum absolute atomic E-state index is 0.390. The quantitative estimate of drug-likeness (QED) is 0.665. The van der Waals surface area contributed by atoms with Gasteiger partial charge in [-0.15, -0.1) is 0 Å². The van der Waals surface area contributed by atoms with Gasteiger partial charge >= 0.3 is 0 Å². The van der Waals surface area contributed by atoms with Crippen molar-refractivity contribution >= 4 is 0 Å². The Labute approximate surface area is 107 Å². The van der Waals surface area contributed by atoms with E-state index in [2.05, 4.69) is 13.8 Å². The minimum atomic E-state index is 0.390. The van der Waals surface area contributed by atoms with Crippen LogP contribution in [-0.4, -0.2) is 18.8 Å². The molecule has 1 saturated heterocycles. The van der Waals surface area contributed by atoms with Crippen molar-refractivity contribution in [3.05, 3.63) is 0 Å². The molecule has 0 amide bonds. The molecule has 0 aromatic rings. The van der Waals surface area contributed by atoms with Crippen molar-refractivity contribution in [3.8, 4) is 0 Å². The zero-order valence-electron chi connectivity index (χ0n) is 11.8. The monoisotopic (exact) mass is 241 g/mol. The summed E-state index contributed by atoms with van der Waals surface area (Å²) in [6, 6.07) is 0.390. The van der Waals surface area contributed by atoms with E-state index in [4.69, 9.17) is 10.5 Å². The number of rotatable bonds is 9. The molecule has 1 heterocycles. The van der Waals surface area contributed by atoms with E-state index in [0.717, 1.165) is 18.9 Å². The first-order valence-corrected chi connectivity index (χ1v) is 7.63. The molecule has 0 spiro atoms. The highest BCUT2D eigenvalue weighted by molar-refractivity contribution is 4.72. The Morgan fingerprint density at radius 3 is 2.71 bits per heavy atom. The van der Waals surface area contributed by atoms with E-state index < -0.39 is 0 Å². The summed E-state index contributed by atoms with van der Waals surface area (Å²) in [5.41, 5.74) is 6.24. The molecule has 0 aliphatic carbocycles. The van der Waals surface area contributed by atoms with Crippen LogP contribution in [0.4, 0.5) is 0 Å². The highest BCUT2D eigenvalue weighted by Gasteiger charge is 2.18. The van der Waals surface area contributed by atoms with Gasteiger partial charge < -0.3 is 10.5 Å². The summed E-state index contributed by atoms with van der Waals surface area (Å²) in [4.78, 5) is 0. The third kappa shape index (κ3) is 6.42. The average Bonchev–Trinajstić information content (AvgIpc) is 2.85. The van der Waals surface area contributed by atoms with E-state index in [-0.39, 0.29) is 0 Å². The fourth-order valence-electron chi connectivity index (χ4n) is 2.80. The number of unbranched alkanes of at least 4 members (excludes halogenated alkanes) is 1. The number of ether oxygens (including phenoxy) is 1. The lowest BCUT2D eigenvalue weighted by molar-refractivity contribution is 0.0998. The first-order chi connectivity index (χ1) is 8.26. The van der Waals surface area contributed by atoms with Crippen molar-refractivity contribution in [3.63, 3.8) is 0 Å². The maximum Gasteiger partial charge on any atom is 0.0576 e. The predicted molar refractivity (Wildman–Crippen MR) is 74.1 cm³/mol. The molecule has 2 N–H and O–H groups in total. The molecule has 1 aliphatic rings. The van der Waals surface area contributed by atoms with Gasteiger partial charge in [-0.1, -0.05) is 39.5 Å². The standard InChI is InChI=1S/C15H31NO/c1-3-5-7-13(4-2)12-14(16)9-10-15-8-6-11-17-15/h13-15H,3-12,16H2,1-2H3. The fraction of sp³-hybridized carbons (Fsp3) is 1.00. The highest BCUT2D eigenvalue weighted by atomic mass is 16.5. The number of hydrogen-bond donors (Lipinski definition) is 1. The third-order valence-corrected chi connectivity index (χ3v) is 4.06. The zero-order chi connectivity index (χ0) is 12.5. The predicted octanol–water partition coefficient (Wildman–Crippen LogP) is 3.88. The Morgan fingerprint density at radius 1 is 1.29 bits per heavy atom. The van der Waals surface area contributed by atoms with E-state index in [1.54, 1.807) is 0 Å². The lowest BCUT2D eigenvalue weighted by Gasteiger charge is -2.20. The second-order valence-corrected chi connectivity index (χ2v) is 5.62. The first kappa shape index (κ1) is 15.0. The van der Waals surface area contributed by atoms with Crippen LogP contribution in [0.3, 0.4) is 0 Å². The summed E-state index contributed by atoms with van der Waals surface area (Å²) in [5, 5.41) is 0. The number of hydrogen-bond acceptors (Lipinski definition) is 2. The molecule has 17 heavy (non-hydrogen) atoms. The van der Waals surface area contributed by atoms with Crippen LogP contribution in [-0.2, 0) is 4.74 Å². The lowest BCUT2D eigenvalue weighted by Crippen LogP contribution is -2.25. The normalized spacial score (nSPS) is 23.8. The van der Waals surface area contributed by atoms with Crippen LogP contribution in [0.1, 0.15) is 71.6 Å². The van der Waals surface area contributed by atoms with Gasteiger partial charge in [-0.3, -0.25) is 0 Å². The van der Waals surface area contributed by atoms with Crippen molar-refractivity contribution in [2.75, 3.05) is 6.61 Å². The second-order valence-electron chi connectivity index (χ2n) is 5.62. The van der Waals surface area contributed by atoms with Crippen LogP contribution in [0.25, 0.3) is 0 Å². The van der Waals surface area contributed by atoms with Crippen molar-refractivity contribution in [2.24, 2.45) is 11.7 Å². The number of nitrogens with two attached hydrogens (primary N) is 1. The Kier molecular flexibility index (Phi) is 7.87. The Morgan fingerprint density at radius 2 is 2.12 bits per heavy atom. The van der Waals surface area contributed by atoms with Gasteiger partial charge in [-0.05, 0) is 38.0 Å². The minimum Gasteiger partial charge on any atom is -0.378 e. The van der Waals surface area contributed by atoms with Gasteiger partial charge in [0, 0.05) is 12.6 Å². The molecule has 1 aliphatic heterocycles. The highest BCUT2D eigenvalue weighted by Crippen LogP contribution is 2.22. The van der Waals surface area contributed by atoms with Crippen LogP contribution in [0.5, 0.6) is 0 Å². The molecule has 1 fully saturated rings. The molecular weight excluding hydrogens is 210 g/mol. The summed E-state index contributed by atoms with van der Waals surface area (Å²) >= 11 is 0. The molecule has 1 rings (SSSR count). The van der Waals surface area contributed by atoms with Gasteiger partial charge in [0.2, 0.25) is 0 Å². The van der Waals surface area contributed by atoms with Crippen molar-refractivity contribution in [2.45, 2.75) is 83.8 Å². The van der Waals surface area contributed by atoms with Crippen molar-refractivity contribution < 1.29 is 4.74 Å². The Hall–Kier alpha value is -0.0800. The van der Waals surface area contributed by atoms with E-state index >= 15 is 0 Å². The van der Waals surface area contributed by atoms with Crippen LogP contribution in [0, 0.1) is 5.92 Å². The largest absolute Gasteiger partial charge is 0.378 e. The SMILES string of the molecule is CCCCC(CC)CC(N)CCC1CCCO1. The average molecular weight is 241 g/mol.